The fourth-order valence-electron chi connectivity index (χ4n) is 1.49. The molecule has 0 aliphatic rings. The molecule has 84 valence electrons. The van der Waals surface area contributed by atoms with Crippen LogP contribution in [0.4, 0.5) is 0 Å². The summed E-state index contributed by atoms with van der Waals surface area (Å²) in [6.07, 6.45) is 2.49. The smallest absolute Gasteiger partial charge is 0.218 e. The fourth-order valence-corrected chi connectivity index (χ4v) is 1.63. The van der Waals surface area contributed by atoms with Gasteiger partial charge in [-0.3, -0.25) is 0 Å². The summed E-state index contributed by atoms with van der Waals surface area (Å²) >= 11 is 5.73. The fraction of sp³-hybridized carbons (Fsp3) is 0.636. The van der Waals surface area contributed by atoms with Gasteiger partial charge in [-0.2, -0.15) is 0 Å². The molecule has 1 aromatic heterocycles. The second-order valence-electron chi connectivity index (χ2n) is 4.87. The molecule has 0 aromatic carbocycles. The number of ether oxygens (including phenoxy) is 1. The van der Waals surface area contributed by atoms with Crippen LogP contribution in [0.25, 0.3) is 0 Å². The Morgan fingerprint density at radius 3 is 2.60 bits per heavy atom. The minimum absolute atomic E-state index is 0.121. The summed E-state index contributed by atoms with van der Waals surface area (Å²) in [5, 5.41) is 0.406. The van der Waals surface area contributed by atoms with Crippen molar-refractivity contribution in [3.05, 3.63) is 17.5 Å². The third kappa shape index (κ3) is 4.98. The van der Waals surface area contributed by atoms with Gasteiger partial charge in [-0.1, -0.05) is 32.4 Å². The number of hydrogen-bond donors (Lipinski definition) is 0. The molecule has 15 heavy (non-hydrogen) atoms. The van der Waals surface area contributed by atoms with E-state index in [9.17, 15) is 0 Å². The molecule has 1 atom stereocenters. The van der Waals surface area contributed by atoms with Crippen LogP contribution in [-0.4, -0.2) is 16.1 Å². The lowest BCUT2D eigenvalue weighted by molar-refractivity contribution is 0.154. The number of nitrogens with zero attached hydrogens (tertiary/aromatic N) is 2. The van der Waals surface area contributed by atoms with Crippen molar-refractivity contribution >= 4 is 11.6 Å². The van der Waals surface area contributed by atoms with Gasteiger partial charge in [0, 0.05) is 6.07 Å². The molecule has 0 fully saturated rings. The Morgan fingerprint density at radius 2 is 2.07 bits per heavy atom. The average Bonchev–Trinajstić information content (AvgIpc) is 1.99. The highest BCUT2D eigenvalue weighted by molar-refractivity contribution is 6.29. The lowest BCUT2D eigenvalue weighted by Crippen LogP contribution is -2.20. The zero-order valence-corrected chi connectivity index (χ0v) is 10.4. The van der Waals surface area contributed by atoms with Crippen LogP contribution in [0.3, 0.4) is 0 Å². The molecular formula is C11H17ClN2O. The summed E-state index contributed by atoms with van der Waals surface area (Å²) in [6.45, 7) is 8.57. The number of rotatable bonds is 3. The maximum absolute atomic E-state index is 5.73. The Hall–Kier alpha value is -0.830. The normalized spacial score (nSPS) is 13.7. The Morgan fingerprint density at radius 1 is 1.40 bits per heavy atom. The molecule has 0 saturated carbocycles. The van der Waals surface area contributed by atoms with Gasteiger partial charge in [0.1, 0.15) is 11.5 Å². The van der Waals surface area contributed by atoms with Gasteiger partial charge in [-0.05, 0) is 18.8 Å². The maximum atomic E-state index is 5.73. The van der Waals surface area contributed by atoms with Crippen LogP contribution in [0, 0.1) is 5.41 Å². The first-order chi connectivity index (χ1) is 6.87. The van der Waals surface area contributed by atoms with Crippen LogP contribution < -0.4 is 4.74 Å². The SMILES string of the molecule is CC(CC(C)(C)C)Oc1cc(Cl)ncn1. The van der Waals surface area contributed by atoms with Crippen molar-refractivity contribution in [2.75, 3.05) is 0 Å². The summed E-state index contributed by atoms with van der Waals surface area (Å²) in [4.78, 5) is 7.79. The Labute approximate surface area is 95.8 Å². The predicted octanol–water partition coefficient (Wildman–Crippen LogP) is 3.33. The first kappa shape index (κ1) is 12.2. The largest absolute Gasteiger partial charge is 0.475 e. The third-order valence-corrected chi connectivity index (χ3v) is 2.04. The molecule has 1 heterocycles. The monoisotopic (exact) mass is 228 g/mol. The lowest BCUT2D eigenvalue weighted by Gasteiger charge is -2.23. The van der Waals surface area contributed by atoms with Crippen LogP contribution in [-0.2, 0) is 0 Å². The van der Waals surface area contributed by atoms with Crippen molar-refractivity contribution in [3.8, 4) is 5.88 Å². The number of halogens is 1. The van der Waals surface area contributed by atoms with Gasteiger partial charge in [0.2, 0.25) is 5.88 Å². The number of aromatic nitrogens is 2. The van der Waals surface area contributed by atoms with Gasteiger partial charge in [0.25, 0.3) is 0 Å². The summed E-state index contributed by atoms with van der Waals surface area (Å²) < 4.78 is 5.64. The van der Waals surface area contributed by atoms with Crippen LogP contribution in [0.2, 0.25) is 5.15 Å². The van der Waals surface area contributed by atoms with Crippen LogP contribution in [0.15, 0.2) is 12.4 Å². The minimum atomic E-state index is 0.121. The standard InChI is InChI=1S/C11H17ClN2O/c1-8(6-11(2,3)4)15-10-5-9(12)13-7-14-10/h5,7-8H,6H2,1-4H3. The molecule has 3 nitrogen and oxygen atoms in total. The summed E-state index contributed by atoms with van der Waals surface area (Å²) in [5.74, 6) is 0.534. The first-order valence-corrected chi connectivity index (χ1v) is 5.39. The van der Waals surface area contributed by atoms with Gasteiger partial charge in [0.05, 0.1) is 6.10 Å². The average molecular weight is 229 g/mol. The van der Waals surface area contributed by atoms with E-state index in [1.807, 2.05) is 6.92 Å². The van der Waals surface area contributed by atoms with Crippen molar-refractivity contribution in [1.29, 1.82) is 0 Å². The molecule has 0 N–H and O–H groups in total. The molecule has 0 amide bonds. The molecule has 0 radical (unpaired) electrons. The first-order valence-electron chi connectivity index (χ1n) is 5.01. The molecular weight excluding hydrogens is 212 g/mol. The highest BCUT2D eigenvalue weighted by atomic mass is 35.5. The van der Waals surface area contributed by atoms with Crippen LogP contribution >= 0.6 is 11.6 Å². The topological polar surface area (TPSA) is 35.0 Å². The van der Waals surface area contributed by atoms with E-state index < -0.39 is 0 Å². The van der Waals surface area contributed by atoms with Gasteiger partial charge in [-0.25, -0.2) is 9.97 Å². The minimum Gasteiger partial charge on any atom is -0.475 e. The molecule has 0 aliphatic carbocycles. The van der Waals surface area contributed by atoms with Crippen LogP contribution in [0.1, 0.15) is 34.1 Å². The quantitative estimate of drug-likeness (QED) is 0.745. The summed E-state index contributed by atoms with van der Waals surface area (Å²) in [7, 11) is 0. The maximum Gasteiger partial charge on any atom is 0.218 e. The number of hydrogen-bond acceptors (Lipinski definition) is 3. The Balaban J connectivity index is 2.55. The second-order valence-corrected chi connectivity index (χ2v) is 5.26. The molecule has 0 saturated heterocycles. The van der Waals surface area contributed by atoms with E-state index in [2.05, 4.69) is 30.7 Å². The molecule has 1 aromatic rings. The highest BCUT2D eigenvalue weighted by Crippen LogP contribution is 2.23. The molecule has 1 rings (SSSR count). The van der Waals surface area contributed by atoms with Crippen molar-refractivity contribution in [3.63, 3.8) is 0 Å². The lowest BCUT2D eigenvalue weighted by atomic mass is 9.90. The predicted molar refractivity (Wildman–Crippen MR) is 61.2 cm³/mol. The van der Waals surface area contributed by atoms with Crippen molar-refractivity contribution < 1.29 is 4.74 Å². The molecule has 1 unspecified atom stereocenters. The van der Waals surface area contributed by atoms with E-state index in [1.54, 1.807) is 6.07 Å². The van der Waals surface area contributed by atoms with E-state index in [-0.39, 0.29) is 11.5 Å². The van der Waals surface area contributed by atoms with E-state index in [0.717, 1.165) is 6.42 Å². The molecule has 0 aliphatic heterocycles. The third-order valence-electron chi connectivity index (χ3n) is 1.83. The zero-order chi connectivity index (χ0) is 11.5. The summed E-state index contributed by atoms with van der Waals surface area (Å²) in [5.41, 5.74) is 0.246. The van der Waals surface area contributed by atoms with Gasteiger partial charge < -0.3 is 4.74 Å². The van der Waals surface area contributed by atoms with E-state index >= 15 is 0 Å². The molecule has 0 spiro atoms. The zero-order valence-electron chi connectivity index (χ0n) is 9.62. The van der Waals surface area contributed by atoms with Crippen LogP contribution in [0.5, 0.6) is 5.88 Å². The van der Waals surface area contributed by atoms with Gasteiger partial charge in [-0.15, -0.1) is 0 Å². The van der Waals surface area contributed by atoms with Crippen molar-refractivity contribution in [1.82, 2.24) is 9.97 Å². The van der Waals surface area contributed by atoms with Crippen molar-refractivity contribution in [2.45, 2.75) is 40.2 Å². The van der Waals surface area contributed by atoms with E-state index in [0.29, 0.717) is 11.0 Å². The molecule has 0 bridgehead atoms. The van der Waals surface area contributed by atoms with E-state index in [4.69, 9.17) is 16.3 Å². The van der Waals surface area contributed by atoms with Gasteiger partial charge >= 0.3 is 0 Å². The second kappa shape index (κ2) is 4.79. The Kier molecular flexibility index (Phi) is 3.91. The van der Waals surface area contributed by atoms with Crippen molar-refractivity contribution in [2.24, 2.45) is 5.41 Å². The van der Waals surface area contributed by atoms with E-state index in [1.165, 1.54) is 6.33 Å². The highest BCUT2D eigenvalue weighted by Gasteiger charge is 2.16. The van der Waals surface area contributed by atoms with Gasteiger partial charge in [0.15, 0.2) is 0 Å². The molecule has 4 heteroatoms. The Bertz CT molecular complexity index is 323. The summed E-state index contributed by atoms with van der Waals surface area (Å²) in [6, 6.07) is 1.63.